The first kappa shape index (κ1) is 11.8. The van der Waals surface area contributed by atoms with Gasteiger partial charge in [0, 0.05) is 17.9 Å². The summed E-state index contributed by atoms with van der Waals surface area (Å²) in [6.45, 7) is 5.32. The van der Waals surface area contributed by atoms with Crippen molar-refractivity contribution in [2.45, 2.75) is 26.4 Å². The summed E-state index contributed by atoms with van der Waals surface area (Å²) < 4.78 is 6.54. The predicted octanol–water partition coefficient (Wildman–Crippen LogP) is 1.33. The smallest absolute Gasteiger partial charge is 0.325 e. The Balaban J connectivity index is 2.72. The molecular weight excluding hydrogens is 192 g/mol. The summed E-state index contributed by atoms with van der Waals surface area (Å²) in [5, 5.41) is 3.31. The van der Waals surface area contributed by atoms with Crippen molar-refractivity contribution in [2.24, 2.45) is 0 Å². The van der Waals surface area contributed by atoms with E-state index < -0.39 is 0 Å². The van der Waals surface area contributed by atoms with Crippen LogP contribution < -0.4 is 5.32 Å². The number of nitrogens with one attached hydrogen (secondary N) is 1. The summed E-state index contributed by atoms with van der Waals surface area (Å²) in [5.74, 6) is -0.226. The monoisotopic (exact) mass is 210 g/mol. The van der Waals surface area contributed by atoms with E-state index in [1.54, 1.807) is 0 Å². The molecule has 1 atom stereocenters. The van der Waals surface area contributed by atoms with Crippen molar-refractivity contribution in [1.29, 1.82) is 0 Å². The number of carbonyl (C=O) groups excluding carboxylic acids is 1. The van der Waals surface area contributed by atoms with E-state index in [-0.39, 0.29) is 18.6 Å². The summed E-state index contributed by atoms with van der Waals surface area (Å²) in [7, 11) is 1.40. The van der Waals surface area contributed by atoms with Crippen LogP contribution in [-0.4, -0.2) is 24.2 Å². The molecular formula is C11H18N2O2. The number of esters is 1. The average molecular weight is 210 g/mol. The molecule has 0 aromatic carbocycles. The minimum Gasteiger partial charge on any atom is -0.468 e. The van der Waals surface area contributed by atoms with Gasteiger partial charge in [-0.25, -0.2) is 0 Å². The van der Waals surface area contributed by atoms with E-state index in [1.165, 1.54) is 7.11 Å². The number of carbonyl (C=O) groups is 1. The molecule has 0 bridgehead atoms. The van der Waals surface area contributed by atoms with Crippen molar-refractivity contribution in [2.75, 3.05) is 13.7 Å². The van der Waals surface area contributed by atoms with Crippen LogP contribution >= 0.6 is 0 Å². The van der Waals surface area contributed by atoms with Gasteiger partial charge in [0.05, 0.1) is 7.11 Å². The van der Waals surface area contributed by atoms with Gasteiger partial charge in [-0.2, -0.15) is 0 Å². The van der Waals surface area contributed by atoms with Crippen molar-refractivity contribution in [3.05, 3.63) is 24.0 Å². The average Bonchev–Trinajstić information content (AvgIpc) is 2.66. The summed E-state index contributed by atoms with van der Waals surface area (Å²) in [6.07, 6.45) is 1.89. The lowest BCUT2D eigenvalue weighted by Crippen LogP contribution is -2.22. The summed E-state index contributed by atoms with van der Waals surface area (Å²) in [5.41, 5.74) is 1.10. The Hall–Kier alpha value is -1.29. The normalized spacial score (nSPS) is 12.5. The number of methoxy groups -OCH3 is 1. The van der Waals surface area contributed by atoms with Crippen molar-refractivity contribution < 1.29 is 9.53 Å². The molecule has 0 aliphatic rings. The van der Waals surface area contributed by atoms with Gasteiger partial charge in [-0.3, -0.25) is 4.79 Å². The zero-order chi connectivity index (χ0) is 11.3. The largest absolute Gasteiger partial charge is 0.468 e. The maximum Gasteiger partial charge on any atom is 0.325 e. The van der Waals surface area contributed by atoms with Crippen LogP contribution in [0.5, 0.6) is 0 Å². The van der Waals surface area contributed by atoms with Crippen molar-refractivity contribution in [1.82, 2.24) is 9.88 Å². The fourth-order valence-electron chi connectivity index (χ4n) is 1.58. The molecule has 0 saturated heterocycles. The number of hydrogen-bond acceptors (Lipinski definition) is 3. The minimum absolute atomic E-state index is 0.226. The lowest BCUT2D eigenvalue weighted by molar-refractivity contribution is -0.141. The first-order valence-electron chi connectivity index (χ1n) is 5.14. The van der Waals surface area contributed by atoms with Crippen molar-refractivity contribution in [3.8, 4) is 0 Å². The van der Waals surface area contributed by atoms with Crippen LogP contribution in [0, 0.1) is 0 Å². The van der Waals surface area contributed by atoms with Crippen LogP contribution in [0.1, 0.15) is 25.6 Å². The molecule has 0 amide bonds. The SMILES string of the molecule is CCNC(C)c1cccn1CC(=O)OC. The van der Waals surface area contributed by atoms with Crippen molar-refractivity contribution in [3.63, 3.8) is 0 Å². The first-order valence-corrected chi connectivity index (χ1v) is 5.14. The van der Waals surface area contributed by atoms with Gasteiger partial charge in [0.15, 0.2) is 0 Å². The van der Waals surface area contributed by atoms with E-state index in [4.69, 9.17) is 0 Å². The van der Waals surface area contributed by atoms with Gasteiger partial charge < -0.3 is 14.6 Å². The van der Waals surface area contributed by atoms with Crippen LogP contribution in [0.4, 0.5) is 0 Å². The van der Waals surface area contributed by atoms with E-state index in [0.717, 1.165) is 12.2 Å². The van der Waals surface area contributed by atoms with Crippen LogP contribution in [0.15, 0.2) is 18.3 Å². The molecule has 15 heavy (non-hydrogen) atoms. The number of nitrogens with zero attached hydrogens (tertiary/aromatic N) is 1. The van der Waals surface area contributed by atoms with Gasteiger partial charge in [0.1, 0.15) is 6.54 Å². The first-order chi connectivity index (χ1) is 7.19. The van der Waals surface area contributed by atoms with Crippen LogP contribution in [-0.2, 0) is 16.1 Å². The zero-order valence-corrected chi connectivity index (χ0v) is 9.49. The molecule has 1 heterocycles. The third kappa shape index (κ3) is 3.09. The van der Waals surface area contributed by atoms with Crippen LogP contribution in [0.25, 0.3) is 0 Å². The Bertz CT molecular complexity index is 320. The molecule has 0 aliphatic carbocycles. The summed E-state index contributed by atoms with van der Waals surface area (Å²) in [4.78, 5) is 11.1. The highest BCUT2D eigenvalue weighted by Crippen LogP contribution is 2.13. The Labute approximate surface area is 90.2 Å². The highest BCUT2D eigenvalue weighted by Gasteiger charge is 2.11. The van der Waals surface area contributed by atoms with Gasteiger partial charge in [-0.1, -0.05) is 6.92 Å². The molecule has 84 valence electrons. The van der Waals surface area contributed by atoms with E-state index in [1.807, 2.05) is 22.9 Å². The van der Waals surface area contributed by atoms with E-state index in [9.17, 15) is 4.79 Å². The van der Waals surface area contributed by atoms with Gasteiger partial charge in [0.2, 0.25) is 0 Å². The topological polar surface area (TPSA) is 43.3 Å². The maximum atomic E-state index is 11.1. The second-order valence-corrected chi connectivity index (χ2v) is 3.42. The molecule has 0 saturated carbocycles. The van der Waals surface area contributed by atoms with Crippen LogP contribution in [0.2, 0.25) is 0 Å². The molecule has 1 aromatic heterocycles. The highest BCUT2D eigenvalue weighted by molar-refractivity contribution is 5.69. The molecule has 1 aromatic rings. The molecule has 1 unspecified atom stereocenters. The molecule has 1 N–H and O–H groups in total. The lowest BCUT2D eigenvalue weighted by Gasteiger charge is -2.15. The summed E-state index contributed by atoms with van der Waals surface area (Å²) >= 11 is 0. The lowest BCUT2D eigenvalue weighted by atomic mass is 10.2. The van der Waals surface area contributed by atoms with E-state index in [2.05, 4.69) is 23.9 Å². The highest BCUT2D eigenvalue weighted by atomic mass is 16.5. The van der Waals surface area contributed by atoms with Crippen LogP contribution in [0.3, 0.4) is 0 Å². The third-order valence-electron chi connectivity index (χ3n) is 2.35. The number of ether oxygens (including phenoxy) is 1. The fourth-order valence-corrected chi connectivity index (χ4v) is 1.58. The molecule has 0 aliphatic heterocycles. The molecule has 1 rings (SSSR count). The number of hydrogen-bond donors (Lipinski definition) is 1. The maximum absolute atomic E-state index is 11.1. The Morgan fingerprint density at radius 3 is 3.00 bits per heavy atom. The van der Waals surface area contributed by atoms with Crippen molar-refractivity contribution >= 4 is 5.97 Å². The fraction of sp³-hybridized carbons (Fsp3) is 0.545. The molecule has 0 fully saturated rings. The number of aromatic nitrogens is 1. The Morgan fingerprint density at radius 1 is 1.67 bits per heavy atom. The van der Waals surface area contributed by atoms with Gasteiger partial charge >= 0.3 is 5.97 Å². The molecule has 0 radical (unpaired) electrons. The standard InChI is InChI=1S/C11H18N2O2/c1-4-12-9(2)10-6-5-7-13(10)8-11(14)15-3/h5-7,9,12H,4,8H2,1-3H3. The second-order valence-electron chi connectivity index (χ2n) is 3.42. The predicted molar refractivity (Wildman–Crippen MR) is 58.5 cm³/mol. The Kier molecular flexibility index (Phi) is 4.37. The van der Waals surface area contributed by atoms with E-state index in [0.29, 0.717) is 0 Å². The van der Waals surface area contributed by atoms with Gasteiger partial charge in [-0.15, -0.1) is 0 Å². The molecule has 4 heteroatoms. The molecule has 0 spiro atoms. The molecule has 4 nitrogen and oxygen atoms in total. The quantitative estimate of drug-likeness (QED) is 0.746. The van der Waals surface area contributed by atoms with Gasteiger partial charge in [-0.05, 0) is 25.6 Å². The van der Waals surface area contributed by atoms with E-state index >= 15 is 0 Å². The minimum atomic E-state index is -0.226. The zero-order valence-electron chi connectivity index (χ0n) is 9.49. The summed E-state index contributed by atoms with van der Waals surface area (Å²) in [6, 6.07) is 4.19. The Morgan fingerprint density at radius 2 is 2.40 bits per heavy atom. The second kappa shape index (κ2) is 5.56. The third-order valence-corrected chi connectivity index (χ3v) is 2.35. The number of rotatable bonds is 5. The van der Waals surface area contributed by atoms with Gasteiger partial charge in [0.25, 0.3) is 0 Å².